The monoisotopic (exact) mass is 389 g/mol. The van der Waals surface area contributed by atoms with Gasteiger partial charge in [0.2, 0.25) is 0 Å². The van der Waals surface area contributed by atoms with E-state index in [0.717, 1.165) is 104 Å². The molecule has 0 saturated carbocycles. The number of hydrogen-bond acceptors (Lipinski definition) is 5. The zero-order chi connectivity index (χ0) is 19.7. The van der Waals surface area contributed by atoms with Crippen LogP contribution in [0.1, 0.15) is 78.1 Å². The lowest BCUT2D eigenvalue weighted by Gasteiger charge is -2.07. The Hall–Kier alpha value is -0.200. The zero-order valence-corrected chi connectivity index (χ0v) is 18.3. The van der Waals surface area contributed by atoms with Crippen molar-refractivity contribution in [3.05, 3.63) is 0 Å². The number of nitrogens with one attached hydrogen (secondary N) is 1. The Morgan fingerprint density at radius 1 is 0.407 bits per heavy atom. The van der Waals surface area contributed by atoms with Gasteiger partial charge in [-0.05, 0) is 64.5 Å². The molecular formula is C22H47NO4. The van der Waals surface area contributed by atoms with Gasteiger partial charge in [-0.3, -0.25) is 0 Å². The number of hydrogen-bond donors (Lipinski definition) is 1. The molecule has 5 nitrogen and oxygen atoms in total. The second kappa shape index (κ2) is 25.8. The summed E-state index contributed by atoms with van der Waals surface area (Å²) in [6.07, 6.45) is 11.3. The van der Waals surface area contributed by atoms with E-state index in [0.29, 0.717) is 0 Å². The Morgan fingerprint density at radius 2 is 0.704 bits per heavy atom. The summed E-state index contributed by atoms with van der Waals surface area (Å²) in [4.78, 5) is 0. The molecule has 0 saturated heterocycles. The lowest BCUT2D eigenvalue weighted by molar-refractivity contribution is 0.0985. The summed E-state index contributed by atoms with van der Waals surface area (Å²) in [5, 5.41) is 3.45. The quantitative estimate of drug-likeness (QED) is 0.245. The minimum absolute atomic E-state index is 0.848. The summed E-state index contributed by atoms with van der Waals surface area (Å²) in [6, 6.07) is 0. The van der Waals surface area contributed by atoms with Crippen molar-refractivity contribution in [3.8, 4) is 0 Å². The van der Waals surface area contributed by atoms with Gasteiger partial charge in [0.1, 0.15) is 0 Å². The van der Waals surface area contributed by atoms with Crippen LogP contribution in [0.3, 0.4) is 0 Å². The maximum Gasteiger partial charge on any atom is 0.0478 e. The van der Waals surface area contributed by atoms with Gasteiger partial charge in [-0.15, -0.1) is 0 Å². The van der Waals surface area contributed by atoms with Crippen molar-refractivity contribution in [1.82, 2.24) is 5.32 Å². The third-order valence-corrected chi connectivity index (χ3v) is 4.22. The predicted octanol–water partition coefficient (Wildman–Crippen LogP) is 4.58. The molecule has 0 aliphatic rings. The second-order valence-corrected chi connectivity index (χ2v) is 7.03. The molecule has 0 spiro atoms. The van der Waals surface area contributed by atoms with Crippen LogP contribution in [0.25, 0.3) is 0 Å². The zero-order valence-electron chi connectivity index (χ0n) is 18.3. The molecule has 0 aliphatic heterocycles. The van der Waals surface area contributed by atoms with Crippen LogP contribution in [0, 0.1) is 0 Å². The van der Waals surface area contributed by atoms with Gasteiger partial charge in [-0.2, -0.15) is 0 Å². The topological polar surface area (TPSA) is 49.0 Å². The Morgan fingerprint density at radius 3 is 1.04 bits per heavy atom. The summed E-state index contributed by atoms with van der Waals surface area (Å²) >= 11 is 0. The van der Waals surface area contributed by atoms with Crippen molar-refractivity contribution in [2.24, 2.45) is 0 Å². The lowest BCUT2D eigenvalue weighted by Crippen LogP contribution is -2.19. The molecule has 0 aromatic heterocycles. The Kier molecular flexibility index (Phi) is 25.6. The third kappa shape index (κ3) is 25.8. The summed E-state index contributed by atoms with van der Waals surface area (Å²) in [5.74, 6) is 0. The fraction of sp³-hybridized carbons (Fsp3) is 1.00. The average Bonchev–Trinajstić information content (AvgIpc) is 2.68. The number of ether oxygens (including phenoxy) is 4. The largest absolute Gasteiger partial charge is 0.381 e. The van der Waals surface area contributed by atoms with Gasteiger partial charge in [0.15, 0.2) is 0 Å². The average molecular weight is 390 g/mol. The highest BCUT2D eigenvalue weighted by molar-refractivity contribution is 4.49. The van der Waals surface area contributed by atoms with Crippen LogP contribution in [0.5, 0.6) is 0 Å². The molecule has 0 fully saturated rings. The molecule has 5 heteroatoms. The Balaban J connectivity index is 2.95. The van der Waals surface area contributed by atoms with Crippen molar-refractivity contribution in [1.29, 1.82) is 0 Å². The first-order valence-electron chi connectivity index (χ1n) is 11.4. The summed E-state index contributed by atoms with van der Waals surface area (Å²) in [6.45, 7) is 13.4. The van der Waals surface area contributed by atoms with Crippen LogP contribution in [-0.4, -0.2) is 65.9 Å². The molecule has 0 heterocycles. The Bertz CT molecular complexity index is 230. The van der Waals surface area contributed by atoms with E-state index in [1.54, 1.807) is 0 Å². The Labute approximate surface area is 168 Å². The lowest BCUT2D eigenvalue weighted by atomic mass is 10.3. The SMILES string of the molecule is CCCCOCCCCOCCCNCCCOCCCCOCCCC. The van der Waals surface area contributed by atoms with Gasteiger partial charge < -0.3 is 24.3 Å². The van der Waals surface area contributed by atoms with E-state index in [4.69, 9.17) is 18.9 Å². The smallest absolute Gasteiger partial charge is 0.0478 e. The minimum atomic E-state index is 0.848. The fourth-order valence-corrected chi connectivity index (χ4v) is 2.44. The van der Waals surface area contributed by atoms with Crippen molar-refractivity contribution >= 4 is 0 Å². The van der Waals surface area contributed by atoms with Crippen LogP contribution >= 0.6 is 0 Å². The second-order valence-electron chi connectivity index (χ2n) is 7.03. The first-order chi connectivity index (χ1) is 13.4. The van der Waals surface area contributed by atoms with Crippen LogP contribution < -0.4 is 5.32 Å². The molecule has 0 bridgehead atoms. The fourth-order valence-electron chi connectivity index (χ4n) is 2.44. The molecule has 1 N–H and O–H groups in total. The molecule has 0 aromatic rings. The summed E-state index contributed by atoms with van der Waals surface area (Å²) < 4.78 is 22.3. The van der Waals surface area contributed by atoms with Crippen molar-refractivity contribution in [2.75, 3.05) is 65.9 Å². The van der Waals surface area contributed by atoms with E-state index in [1.807, 2.05) is 0 Å². The van der Waals surface area contributed by atoms with Crippen LogP contribution in [0.2, 0.25) is 0 Å². The molecule has 0 radical (unpaired) electrons. The first-order valence-corrected chi connectivity index (χ1v) is 11.4. The van der Waals surface area contributed by atoms with E-state index < -0.39 is 0 Å². The standard InChI is InChI=1S/C22H47NO4/c1-3-5-15-24-17-7-9-19-26-21-11-13-23-14-12-22-27-20-10-8-18-25-16-6-4-2/h23H,3-22H2,1-2H3. The highest BCUT2D eigenvalue weighted by Gasteiger charge is 1.94. The van der Waals surface area contributed by atoms with Gasteiger partial charge in [-0.25, -0.2) is 0 Å². The van der Waals surface area contributed by atoms with E-state index in [-0.39, 0.29) is 0 Å². The highest BCUT2D eigenvalue weighted by atomic mass is 16.5. The van der Waals surface area contributed by atoms with E-state index in [9.17, 15) is 0 Å². The number of rotatable bonds is 24. The molecular weight excluding hydrogens is 342 g/mol. The highest BCUT2D eigenvalue weighted by Crippen LogP contribution is 1.96. The maximum absolute atomic E-state index is 5.64. The van der Waals surface area contributed by atoms with E-state index >= 15 is 0 Å². The molecule has 0 rings (SSSR count). The molecule has 0 aliphatic carbocycles. The maximum atomic E-state index is 5.64. The van der Waals surface area contributed by atoms with Crippen molar-refractivity contribution < 1.29 is 18.9 Å². The van der Waals surface area contributed by atoms with Gasteiger partial charge in [-0.1, -0.05) is 26.7 Å². The molecule has 0 amide bonds. The molecule has 0 atom stereocenters. The molecule has 27 heavy (non-hydrogen) atoms. The third-order valence-electron chi connectivity index (χ3n) is 4.22. The van der Waals surface area contributed by atoms with Crippen molar-refractivity contribution in [2.45, 2.75) is 78.1 Å². The predicted molar refractivity (Wildman–Crippen MR) is 114 cm³/mol. The first kappa shape index (κ1) is 26.8. The van der Waals surface area contributed by atoms with Gasteiger partial charge in [0, 0.05) is 52.9 Å². The summed E-state index contributed by atoms with van der Waals surface area (Å²) in [5.41, 5.74) is 0. The van der Waals surface area contributed by atoms with Crippen LogP contribution in [0.15, 0.2) is 0 Å². The minimum Gasteiger partial charge on any atom is -0.381 e. The summed E-state index contributed by atoms with van der Waals surface area (Å²) in [7, 11) is 0. The van der Waals surface area contributed by atoms with Crippen LogP contribution in [0.4, 0.5) is 0 Å². The molecule has 0 aromatic carbocycles. The van der Waals surface area contributed by atoms with E-state index in [2.05, 4.69) is 19.2 Å². The molecule has 164 valence electrons. The van der Waals surface area contributed by atoms with Gasteiger partial charge >= 0.3 is 0 Å². The van der Waals surface area contributed by atoms with Gasteiger partial charge in [0.05, 0.1) is 0 Å². The normalized spacial score (nSPS) is 11.3. The van der Waals surface area contributed by atoms with Crippen LogP contribution in [-0.2, 0) is 18.9 Å². The van der Waals surface area contributed by atoms with E-state index in [1.165, 1.54) is 25.7 Å². The van der Waals surface area contributed by atoms with Gasteiger partial charge in [0.25, 0.3) is 0 Å². The molecule has 0 unspecified atom stereocenters. The van der Waals surface area contributed by atoms with Crippen molar-refractivity contribution in [3.63, 3.8) is 0 Å². The number of unbranched alkanes of at least 4 members (excludes halogenated alkanes) is 4.